The van der Waals surface area contributed by atoms with E-state index in [9.17, 15) is 23.4 Å². The van der Waals surface area contributed by atoms with E-state index < -0.39 is 29.0 Å². The smallest absolute Gasteiger partial charge is 0.387 e. The summed E-state index contributed by atoms with van der Waals surface area (Å²) in [5.74, 6) is 0. The van der Waals surface area contributed by atoms with Crippen LogP contribution in [0, 0.1) is 0 Å². The van der Waals surface area contributed by atoms with Gasteiger partial charge in [-0.15, -0.1) is 0 Å². The van der Waals surface area contributed by atoms with Crippen molar-refractivity contribution >= 4 is 0 Å². The highest BCUT2D eigenvalue weighted by Gasteiger charge is 2.40. The predicted octanol–water partition coefficient (Wildman–Crippen LogP) is 2.68. The molecule has 3 nitrogen and oxygen atoms in total. The molecule has 18 heavy (non-hydrogen) atoms. The molecule has 6 heteroatoms. The summed E-state index contributed by atoms with van der Waals surface area (Å²) in [5.41, 5.74) is -2.94. The Labute approximate surface area is 103 Å². The van der Waals surface area contributed by atoms with Gasteiger partial charge in [0.1, 0.15) is 6.10 Å². The van der Waals surface area contributed by atoms with Crippen LogP contribution in [0.5, 0.6) is 0 Å². The minimum Gasteiger partial charge on any atom is -0.387 e. The van der Waals surface area contributed by atoms with Crippen molar-refractivity contribution in [2.75, 3.05) is 0 Å². The zero-order valence-corrected chi connectivity index (χ0v) is 10.2. The van der Waals surface area contributed by atoms with E-state index in [1.54, 1.807) is 13.8 Å². The molecule has 0 saturated carbocycles. The normalized spacial score (nSPS) is 14.6. The van der Waals surface area contributed by atoms with E-state index in [2.05, 4.69) is 4.98 Å². The maximum atomic E-state index is 12.8. The molecule has 0 spiro atoms. The standard InChI is InChI=1S/C12H16F3NO2/c1-3-11(18,4-2)10(17)8-7-16-6-5-9(8)12(13,14)15/h5-7,10,17-18H,3-4H2,1-2H3. The summed E-state index contributed by atoms with van der Waals surface area (Å²) >= 11 is 0. The van der Waals surface area contributed by atoms with Crippen LogP contribution in [0.2, 0.25) is 0 Å². The minimum absolute atomic E-state index is 0.150. The summed E-state index contributed by atoms with van der Waals surface area (Å²) in [6.45, 7) is 3.21. The van der Waals surface area contributed by atoms with Crippen molar-refractivity contribution in [1.82, 2.24) is 4.98 Å². The van der Waals surface area contributed by atoms with E-state index in [0.29, 0.717) is 0 Å². The summed E-state index contributed by atoms with van der Waals surface area (Å²) in [6, 6.07) is 0.796. The Morgan fingerprint density at radius 3 is 2.28 bits per heavy atom. The van der Waals surface area contributed by atoms with E-state index in [1.165, 1.54) is 0 Å². The molecule has 0 bridgehead atoms. The molecular weight excluding hydrogens is 247 g/mol. The number of pyridine rings is 1. The Bertz CT molecular complexity index is 403. The zero-order valence-electron chi connectivity index (χ0n) is 10.2. The van der Waals surface area contributed by atoms with Crippen molar-refractivity contribution in [3.8, 4) is 0 Å². The van der Waals surface area contributed by atoms with Gasteiger partial charge in [0.15, 0.2) is 0 Å². The lowest BCUT2D eigenvalue weighted by Gasteiger charge is -2.32. The number of nitrogens with zero attached hydrogens (tertiary/aromatic N) is 1. The summed E-state index contributed by atoms with van der Waals surface area (Å²) in [6.07, 6.45) is -3.94. The first-order valence-electron chi connectivity index (χ1n) is 5.67. The fraction of sp³-hybridized carbons (Fsp3) is 0.583. The molecule has 0 amide bonds. The van der Waals surface area contributed by atoms with Gasteiger partial charge in [0.2, 0.25) is 0 Å². The van der Waals surface area contributed by atoms with Gasteiger partial charge in [-0.2, -0.15) is 13.2 Å². The van der Waals surface area contributed by atoms with Crippen molar-refractivity contribution in [2.24, 2.45) is 0 Å². The number of aromatic nitrogens is 1. The van der Waals surface area contributed by atoms with Crippen LogP contribution in [0.1, 0.15) is 43.9 Å². The molecule has 1 rings (SSSR count). The Hall–Kier alpha value is -1.14. The van der Waals surface area contributed by atoms with E-state index >= 15 is 0 Å². The number of aliphatic hydroxyl groups is 2. The molecule has 1 aromatic heterocycles. The van der Waals surface area contributed by atoms with Crippen LogP contribution in [0.25, 0.3) is 0 Å². The molecule has 1 unspecified atom stereocenters. The largest absolute Gasteiger partial charge is 0.416 e. The second-order valence-corrected chi connectivity index (χ2v) is 4.17. The van der Waals surface area contributed by atoms with Crippen molar-refractivity contribution in [3.63, 3.8) is 0 Å². The molecule has 102 valence electrons. The molecule has 0 saturated heterocycles. The molecule has 0 aliphatic carbocycles. The van der Waals surface area contributed by atoms with E-state index in [-0.39, 0.29) is 12.8 Å². The average molecular weight is 263 g/mol. The van der Waals surface area contributed by atoms with Crippen molar-refractivity contribution in [2.45, 2.75) is 44.6 Å². The van der Waals surface area contributed by atoms with Crippen LogP contribution in [0.4, 0.5) is 13.2 Å². The molecule has 0 aliphatic rings. The summed E-state index contributed by atoms with van der Waals surface area (Å²) in [5, 5.41) is 20.1. The first-order chi connectivity index (χ1) is 8.26. The Morgan fingerprint density at radius 1 is 1.28 bits per heavy atom. The van der Waals surface area contributed by atoms with Crippen molar-refractivity contribution in [3.05, 3.63) is 29.6 Å². The third kappa shape index (κ3) is 2.81. The molecule has 0 fully saturated rings. The van der Waals surface area contributed by atoms with Crippen molar-refractivity contribution < 1.29 is 23.4 Å². The van der Waals surface area contributed by atoms with Gasteiger partial charge in [0, 0.05) is 18.0 Å². The van der Waals surface area contributed by atoms with Gasteiger partial charge in [-0.1, -0.05) is 13.8 Å². The van der Waals surface area contributed by atoms with Crippen LogP contribution in [0.3, 0.4) is 0 Å². The van der Waals surface area contributed by atoms with Crippen LogP contribution in [-0.2, 0) is 6.18 Å². The number of hydrogen-bond acceptors (Lipinski definition) is 3. The maximum Gasteiger partial charge on any atom is 0.416 e. The zero-order chi connectivity index (χ0) is 14.0. The van der Waals surface area contributed by atoms with E-state index in [0.717, 1.165) is 18.5 Å². The highest BCUT2D eigenvalue weighted by Crippen LogP contribution is 2.39. The van der Waals surface area contributed by atoms with E-state index in [1.807, 2.05) is 0 Å². The number of aliphatic hydroxyl groups excluding tert-OH is 1. The molecular formula is C12H16F3NO2. The highest BCUT2D eigenvalue weighted by molar-refractivity contribution is 5.30. The molecule has 0 aromatic carbocycles. The SMILES string of the molecule is CCC(O)(CC)C(O)c1cnccc1C(F)(F)F. The van der Waals surface area contributed by atoms with Gasteiger partial charge >= 0.3 is 6.18 Å². The summed E-state index contributed by atoms with van der Waals surface area (Å²) in [4.78, 5) is 3.59. The van der Waals surface area contributed by atoms with Gasteiger partial charge in [-0.3, -0.25) is 4.98 Å². The lowest BCUT2D eigenvalue weighted by molar-refractivity contribution is -0.142. The summed E-state index contributed by atoms with van der Waals surface area (Å²) < 4.78 is 38.4. The molecule has 1 atom stereocenters. The van der Waals surface area contributed by atoms with Crippen LogP contribution >= 0.6 is 0 Å². The lowest BCUT2D eigenvalue weighted by atomic mass is 9.85. The van der Waals surface area contributed by atoms with Gasteiger partial charge in [0.25, 0.3) is 0 Å². The second-order valence-electron chi connectivity index (χ2n) is 4.17. The van der Waals surface area contributed by atoms with Crippen LogP contribution in [-0.4, -0.2) is 20.8 Å². The van der Waals surface area contributed by atoms with Gasteiger partial charge in [0.05, 0.1) is 11.2 Å². The number of hydrogen-bond donors (Lipinski definition) is 2. The third-order valence-electron chi connectivity index (χ3n) is 3.19. The second kappa shape index (κ2) is 5.24. The minimum atomic E-state index is -4.58. The van der Waals surface area contributed by atoms with Gasteiger partial charge in [-0.25, -0.2) is 0 Å². The summed E-state index contributed by atoms with van der Waals surface area (Å²) in [7, 11) is 0. The lowest BCUT2D eigenvalue weighted by Crippen LogP contribution is -2.36. The molecule has 1 aromatic rings. The Morgan fingerprint density at radius 2 is 1.83 bits per heavy atom. The molecule has 1 heterocycles. The fourth-order valence-corrected chi connectivity index (χ4v) is 1.81. The molecule has 0 radical (unpaired) electrons. The maximum absolute atomic E-state index is 12.8. The topological polar surface area (TPSA) is 53.4 Å². The molecule has 2 N–H and O–H groups in total. The Balaban J connectivity index is 3.25. The quantitative estimate of drug-likeness (QED) is 0.878. The van der Waals surface area contributed by atoms with E-state index in [4.69, 9.17) is 0 Å². The first kappa shape index (κ1) is 14.9. The highest BCUT2D eigenvalue weighted by atomic mass is 19.4. The van der Waals surface area contributed by atoms with Crippen LogP contribution < -0.4 is 0 Å². The number of alkyl halides is 3. The third-order valence-corrected chi connectivity index (χ3v) is 3.19. The number of halogens is 3. The average Bonchev–Trinajstić information content (AvgIpc) is 2.36. The fourth-order valence-electron chi connectivity index (χ4n) is 1.81. The van der Waals surface area contributed by atoms with Gasteiger partial charge in [-0.05, 0) is 18.9 Å². The Kier molecular flexibility index (Phi) is 4.34. The molecule has 0 aliphatic heterocycles. The number of rotatable bonds is 4. The monoisotopic (exact) mass is 263 g/mol. The van der Waals surface area contributed by atoms with Gasteiger partial charge < -0.3 is 10.2 Å². The predicted molar refractivity (Wildman–Crippen MR) is 59.7 cm³/mol. The van der Waals surface area contributed by atoms with Crippen LogP contribution in [0.15, 0.2) is 18.5 Å². The first-order valence-corrected chi connectivity index (χ1v) is 5.67. The van der Waals surface area contributed by atoms with Crippen molar-refractivity contribution in [1.29, 1.82) is 0 Å².